The SMILES string of the molecule is CCC(C)C(N)C(O)=S. The molecule has 9 heavy (non-hydrogen) atoms. The van der Waals surface area contributed by atoms with Crippen molar-refractivity contribution in [2.45, 2.75) is 26.3 Å². The van der Waals surface area contributed by atoms with Crippen LogP contribution in [0.3, 0.4) is 0 Å². The molecule has 0 bridgehead atoms. The number of aliphatic hydroxyl groups is 1. The molecular weight excluding hydrogens is 134 g/mol. The van der Waals surface area contributed by atoms with Gasteiger partial charge in [-0.3, -0.25) is 0 Å². The van der Waals surface area contributed by atoms with Gasteiger partial charge >= 0.3 is 0 Å². The molecule has 0 fully saturated rings. The van der Waals surface area contributed by atoms with Crippen molar-refractivity contribution in [3.63, 3.8) is 0 Å². The van der Waals surface area contributed by atoms with Gasteiger partial charge in [-0.05, 0) is 18.1 Å². The Balaban J connectivity index is 3.72. The first-order chi connectivity index (χ1) is 4.09. The molecule has 0 spiro atoms. The van der Waals surface area contributed by atoms with Gasteiger partial charge in [0.1, 0.15) is 0 Å². The largest absolute Gasteiger partial charge is 0.501 e. The Kier molecular flexibility index (Phi) is 3.73. The minimum Gasteiger partial charge on any atom is -0.501 e. The molecule has 0 rings (SSSR count). The maximum absolute atomic E-state index is 8.73. The van der Waals surface area contributed by atoms with Crippen molar-refractivity contribution in [3.05, 3.63) is 0 Å². The molecule has 0 aliphatic rings. The van der Waals surface area contributed by atoms with Gasteiger partial charge in [0.25, 0.3) is 0 Å². The first-order valence-corrected chi connectivity index (χ1v) is 3.48. The van der Waals surface area contributed by atoms with Crippen LogP contribution in [0.2, 0.25) is 0 Å². The Morgan fingerprint density at radius 2 is 2.22 bits per heavy atom. The Hall–Kier alpha value is -0.150. The van der Waals surface area contributed by atoms with E-state index in [0.29, 0.717) is 0 Å². The van der Waals surface area contributed by atoms with E-state index in [1.807, 2.05) is 13.8 Å². The monoisotopic (exact) mass is 147 g/mol. The van der Waals surface area contributed by atoms with Crippen LogP contribution in [0.4, 0.5) is 0 Å². The van der Waals surface area contributed by atoms with Crippen LogP contribution in [0.1, 0.15) is 20.3 Å². The van der Waals surface area contributed by atoms with Gasteiger partial charge in [-0.2, -0.15) is 0 Å². The molecule has 2 unspecified atom stereocenters. The Bertz CT molecular complexity index is 105. The number of nitrogens with two attached hydrogens (primary N) is 1. The second kappa shape index (κ2) is 3.80. The summed E-state index contributed by atoms with van der Waals surface area (Å²) in [5, 5.41) is 8.65. The van der Waals surface area contributed by atoms with Crippen LogP contribution in [0.5, 0.6) is 0 Å². The second-order valence-electron chi connectivity index (χ2n) is 2.25. The summed E-state index contributed by atoms with van der Waals surface area (Å²) in [6.07, 6.45) is 0.946. The third kappa shape index (κ3) is 2.77. The van der Waals surface area contributed by atoms with E-state index in [4.69, 9.17) is 10.8 Å². The molecule has 54 valence electrons. The van der Waals surface area contributed by atoms with Crippen LogP contribution in [-0.2, 0) is 0 Å². The lowest BCUT2D eigenvalue weighted by Gasteiger charge is -2.14. The van der Waals surface area contributed by atoms with Gasteiger partial charge in [-0.1, -0.05) is 20.3 Å². The number of aliphatic hydroxyl groups excluding tert-OH is 1. The Morgan fingerprint density at radius 1 is 1.78 bits per heavy atom. The average Bonchev–Trinajstić information content (AvgIpc) is 1.84. The molecule has 0 aromatic rings. The van der Waals surface area contributed by atoms with Crippen LogP contribution in [0.15, 0.2) is 0 Å². The van der Waals surface area contributed by atoms with E-state index in [1.54, 1.807) is 0 Å². The lowest BCUT2D eigenvalue weighted by Crippen LogP contribution is -2.35. The molecule has 0 saturated heterocycles. The van der Waals surface area contributed by atoms with Crippen molar-refractivity contribution in [1.82, 2.24) is 0 Å². The molecule has 0 aliphatic heterocycles. The predicted octanol–water partition coefficient (Wildman–Crippen LogP) is 1.25. The fourth-order valence-electron chi connectivity index (χ4n) is 0.497. The Labute approximate surface area is 61.1 Å². The first kappa shape index (κ1) is 8.85. The highest BCUT2D eigenvalue weighted by Crippen LogP contribution is 2.05. The summed E-state index contributed by atoms with van der Waals surface area (Å²) < 4.78 is 0. The van der Waals surface area contributed by atoms with Gasteiger partial charge in [0.15, 0.2) is 5.05 Å². The zero-order valence-corrected chi connectivity index (χ0v) is 6.61. The third-order valence-corrected chi connectivity index (χ3v) is 1.81. The maximum Gasteiger partial charge on any atom is 0.174 e. The second-order valence-corrected chi connectivity index (χ2v) is 2.67. The zero-order valence-electron chi connectivity index (χ0n) is 5.79. The van der Waals surface area contributed by atoms with E-state index < -0.39 is 0 Å². The summed E-state index contributed by atoms with van der Waals surface area (Å²) in [4.78, 5) is 0. The van der Waals surface area contributed by atoms with E-state index in [2.05, 4.69) is 12.2 Å². The molecular formula is C6H13NOS. The van der Waals surface area contributed by atoms with Crippen LogP contribution in [-0.4, -0.2) is 16.2 Å². The van der Waals surface area contributed by atoms with Gasteiger partial charge in [-0.15, -0.1) is 0 Å². The lowest BCUT2D eigenvalue weighted by atomic mass is 10.0. The van der Waals surface area contributed by atoms with Crippen LogP contribution in [0, 0.1) is 5.92 Å². The van der Waals surface area contributed by atoms with Gasteiger partial charge in [0.05, 0.1) is 6.04 Å². The summed E-state index contributed by atoms with van der Waals surface area (Å²) in [5.74, 6) is 0.280. The summed E-state index contributed by atoms with van der Waals surface area (Å²) >= 11 is 4.49. The van der Waals surface area contributed by atoms with Crippen molar-refractivity contribution < 1.29 is 5.11 Å². The van der Waals surface area contributed by atoms with Crippen LogP contribution >= 0.6 is 12.2 Å². The smallest absolute Gasteiger partial charge is 0.174 e. The van der Waals surface area contributed by atoms with Gasteiger partial charge in [-0.25, -0.2) is 0 Å². The number of thiocarbonyl (C=S) groups is 1. The fourth-order valence-corrected chi connectivity index (χ4v) is 0.730. The van der Waals surface area contributed by atoms with E-state index in [-0.39, 0.29) is 17.0 Å². The molecule has 3 heteroatoms. The topological polar surface area (TPSA) is 46.2 Å². The van der Waals surface area contributed by atoms with Crippen LogP contribution < -0.4 is 5.73 Å². The van der Waals surface area contributed by atoms with Gasteiger partial charge in [0, 0.05) is 0 Å². The predicted molar refractivity (Wildman–Crippen MR) is 42.7 cm³/mol. The van der Waals surface area contributed by atoms with Gasteiger partial charge < -0.3 is 10.8 Å². The molecule has 3 N–H and O–H groups in total. The lowest BCUT2D eigenvalue weighted by molar-refractivity contribution is 0.453. The average molecular weight is 147 g/mol. The van der Waals surface area contributed by atoms with Crippen LogP contribution in [0.25, 0.3) is 0 Å². The normalized spacial score (nSPS) is 16.8. The minimum atomic E-state index is -0.329. The highest BCUT2D eigenvalue weighted by atomic mass is 32.1. The summed E-state index contributed by atoms with van der Waals surface area (Å²) in [6, 6.07) is -0.329. The highest BCUT2D eigenvalue weighted by molar-refractivity contribution is 7.80. The quantitative estimate of drug-likeness (QED) is 0.590. The molecule has 0 heterocycles. The van der Waals surface area contributed by atoms with Crippen molar-refractivity contribution >= 4 is 17.3 Å². The van der Waals surface area contributed by atoms with Crippen molar-refractivity contribution in [2.75, 3.05) is 0 Å². The number of hydrogen-bond acceptors (Lipinski definition) is 2. The minimum absolute atomic E-state index is 0.0793. The molecule has 0 aromatic heterocycles. The van der Waals surface area contributed by atoms with Gasteiger partial charge in [0.2, 0.25) is 0 Å². The standard InChI is InChI=1S/C6H13NOS/c1-3-4(2)5(7)6(8)9/h4-5H,3,7H2,1-2H3,(H,8,9). The van der Waals surface area contributed by atoms with Crippen molar-refractivity contribution in [1.29, 1.82) is 0 Å². The molecule has 0 aromatic carbocycles. The molecule has 0 amide bonds. The third-order valence-electron chi connectivity index (χ3n) is 1.54. The molecule has 0 radical (unpaired) electrons. The molecule has 2 atom stereocenters. The zero-order chi connectivity index (χ0) is 7.44. The summed E-state index contributed by atoms with van der Waals surface area (Å²) in [5.41, 5.74) is 5.48. The van der Waals surface area contributed by atoms with E-state index in [9.17, 15) is 0 Å². The fraction of sp³-hybridized carbons (Fsp3) is 0.833. The van der Waals surface area contributed by atoms with E-state index in [1.165, 1.54) is 0 Å². The number of rotatable bonds is 3. The number of hydrogen-bond donors (Lipinski definition) is 2. The van der Waals surface area contributed by atoms with E-state index in [0.717, 1.165) is 6.42 Å². The Morgan fingerprint density at radius 3 is 2.33 bits per heavy atom. The highest BCUT2D eigenvalue weighted by Gasteiger charge is 2.13. The summed E-state index contributed by atoms with van der Waals surface area (Å²) in [6.45, 7) is 3.98. The molecule has 2 nitrogen and oxygen atoms in total. The first-order valence-electron chi connectivity index (χ1n) is 3.08. The molecule has 0 aliphatic carbocycles. The van der Waals surface area contributed by atoms with Crippen molar-refractivity contribution in [3.8, 4) is 0 Å². The van der Waals surface area contributed by atoms with Crippen molar-refractivity contribution in [2.24, 2.45) is 11.7 Å². The van der Waals surface area contributed by atoms with E-state index >= 15 is 0 Å². The molecule has 0 saturated carbocycles. The maximum atomic E-state index is 8.73. The summed E-state index contributed by atoms with van der Waals surface area (Å²) in [7, 11) is 0.